The van der Waals surface area contributed by atoms with Gasteiger partial charge in [-0.2, -0.15) is 0 Å². The van der Waals surface area contributed by atoms with Gasteiger partial charge in [0, 0.05) is 22.0 Å². The van der Waals surface area contributed by atoms with Gasteiger partial charge in [-0.1, -0.05) is 40.9 Å². The molecular formula is C22H32O10. The van der Waals surface area contributed by atoms with Crippen LogP contribution >= 0.6 is 0 Å². The number of esters is 2. The van der Waals surface area contributed by atoms with E-state index in [-0.39, 0.29) is 37.6 Å². The van der Waals surface area contributed by atoms with Crippen molar-refractivity contribution in [2.24, 2.45) is 10.8 Å². The van der Waals surface area contributed by atoms with Gasteiger partial charge in [0.05, 0.1) is 0 Å². The summed E-state index contributed by atoms with van der Waals surface area (Å²) in [4.78, 5) is 46.6. The van der Waals surface area contributed by atoms with E-state index in [1.807, 2.05) is 0 Å². The third-order valence-electron chi connectivity index (χ3n) is 4.90. The van der Waals surface area contributed by atoms with Gasteiger partial charge in [-0.15, -0.1) is 0 Å². The second-order valence-electron chi connectivity index (χ2n) is 8.67. The molecule has 180 valence electrons. The Morgan fingerprint density at radius 1 is 0.625 bits per heavy atom. The molecule has 1 aliphatic carbocycles. The van der Waals surface area contributed by atoms with Crippen LogP contribution in [0.3, 0.4) is 0 Å². The first-order valence-corrected chi connectivity index (χ1v) is 10.0. The van der Waals surface area contributed by atoms with Crippen LogP contribution in [0.1, 0.15) is 41.5 Å². The van der Waals surface area contributed by atoms with E-state index in [4.69, 9.17) is 28.4 Å². The summed E-state index contributed by atoms with van der Waals surface area (Å²) < 4.78 is 30.4. The predicted octanol–water partition coefficient (Wildman–Crippen LogP) is 3.33. The molecule has 0 saturated heterocycles. The summed E-state index contributed by atoms with van der Waals surface area (Å²) in [6.45, 7) is 16.4. The maximum absolute atomic E-state index is 12.0. The van der Waals surface area contributed by atoms with Crippen molar-refractivity contribution in [3.63, 3.8) is 0 Å². The van der Waals surface area contributed by atoms with Crippen LogP contribution in [-0.4, -0.2) is 62.9 Å². The van der Waals surface area contributed by atoms with Crippen molar-refractivity contribution >= 4 is 24.2 Å². The van der Waals surface area contributed by atoms with Crippen LogP contribution in [0.5, 0.6) is 0 Å². The number of carbonyl (C=O) groups is 4. The van der Waals surface area contributed by atoms with Crippen molar-refractivity contribution < 1.29 is 47.6 Å². The number of rotatable bonds is 10. The lowest BCUT2D eigenvalue weighted by atomic mass is 9.51. The van der Waals surface area contributed by atoms with E-state index >= 15 is 0 Å². The molecule has 32 heavy (non-hydrogen) atoms. The van der Waals surface area contributed by atoms with Crippen molar-refractivity contribution in [1.29, 1.82) is 0 Å². The molecule has 1 rings (SSSR count). The maximum atomic E-state index is 12.0. The first-order valence-electron chi connectivity index (χ1n) is 10.0. The molecule has 10 heteroatoms. The minimum atomic E-state index is -0.928. The largest absolute Gasteiger partial charge is 0.508 e. The van der Waals surface area contributed by atoms with Gasteiger partial charge in [-0.3, -0.25) is 0 Å². The lowest BCUT2D eigenvalue weighted by molar-refractivity contribution is -0.255. The van der Waals surface area contributed by atoms with E-state index in [1.54, 1.807) is 27.7 Å². The first kappa shape index (κ1) is 27.0. The van der Waals surface area contributed by atoms with Gasteiger partial charge in [-0.05, 0) is 13.8 Å². The highest BCUT2D eigenvalue weighted by atomic mass is 16.7. The lowest BCUT2D eigenvalue weighted by Gasteiger charge is -2.60. The van der Waals surface area contributed by atoms with E-state index in [2.05, 4.69) is 13.2 Å². The Morgan fingerprint density at radius 3 is 1.19 bits per heavy atom. The molecule has 0 N–H and O–H groups in total. The van der Waals surface area contributed by atoms with Crippen LogP contribution in [0.2, 0.25) is 0 Å². The zero-order valence-corrected chi connectivity index (χ0v) is 19.5. The maximum Gasteiger partial charge on any atom is 0.508 e. The Balaban J connectivity index is 2.46. The molecule has 1 fully saturated rings. The quantitative estimate of drug-likeness (QED) is 0.209. The molecular weight excluding hydrogens is 424 g/mol. The molecule has 0 aliphatic heterocycles. The summed E-state index contributed by atoms with van der Waals surface area (Å²) >= 11 is 0. The second kappa shape index (κ2) is 11.0. The summed E-state index contributed by atoms with van der Waals surface area (Å²) in [5, 5.41) is 0. The van der Waals surface area contributed by atoms with Gasteiger partial charge in [0.2, 0.25) is 0 Å². The van der Waals surface area contributed by atoms with Gasteiger partial charge >= 0.3 is 24.2 Å². The lowest BCUT2D eigenvalue weighted by Crippen LogP contribution is -2.69. The average molecular weight is 456 g/mol. The summed E-state index contributed by atoms with van der Waals surface area (Å²) in [6, 6.07) is 0. The Bertz CT molecular complexity index is 689. The molecule has 0 unspecified atom stereocenters. The Labute approximate surface area is 187 Å². The van der Waals surface area contributed by atoms with Gasteiger partial charge < -0.3 is 28.4 Å². The molecule has 0 amide bonds. The SMILES string of the molecule is C=C(C)C(=O)OCCOC(=O)OC1C(C)(C)C(OC(=O)OCCOC(=O)C(=C)C)C1(C)C. The van der Waals surface area contributed by atoms with E-state index in [1.165, 1.54) is 13.8 Å². The summed E-state index contributed by atoms with van der Waals surface area (Å²) in [6.07, 6.45) is -3.09. The molecule has 0 aromatic carbocycles. The van der Waals surface area contributed by atoms with E-state index in [9.17, 15) is 19.2 Å². The Hall–Kier alpha value is -3.04. The van der Waals surface area contributed by atoms with Gasteiger partial charge in [-0.25, -0.2) is 19.2 Å². The third kappa shape index (κ3) is 7.00. The monoisotopic (exact) mass is 456 g/mol. The molecule has 0 aromatic heterocycles. The van der Waals surface area contributed by atoms with Crippen LogP contribution in [0, 0.1) is 10.8 Å². The van der Waals surface area contributed by atoms with Crippen LogP contribution in [0.15, 0.2) is 24.3 Å². The highest BCUT2D eigenvalue weighted by Gasteiger charge is 2.66. The second-order valence-corrected chi connectivity index (χ2v) is 8.67. The standard InChI is InChI=1S/C22H32O10/c1-13(2)15(23)27-9-11-29-19(25)31-17-21(5,6)18(22(17,7)8)32-20(26)30-12-10-28-16(24)14(3)4/h17-18H,1,3,9-12H2,2,4-8H3. The van der Waals surface area contributed by atoms with Crippen LogP contribution in [-0.2, 0) is 38.0 Å². The fourth-order valence-electron chi connectivity index (χ4n) is 3.73. The van der Waals surface area contributed by atoms with Crippen molar-refractivity contribution in [3.05, 3.63) is 24.3 Å². The minimum absolute atomic E-state index is 0.127. The van der Waals surface area contributed by atoms with Crippen LogP contribution in [0.4, 0.5) is 9.59 Å². The van der Waals surface area contributed by atoms with E-state index < -0.39 is 47.3 Å². The van der Waals surface area contributed by atoms with Crippen LogP contribution in [0.25, 0.3) is 0 Å². The van der Waals surface area contributed by atoms with Crippen molar-refractivity contribution in [3.8, 4) is 0 Å². The summed E-state index contributed by atoms with van der Waals surface area (Å²) in [5.74, 6) is -1.16. The molecule has 0 bridgehead atoms. The fourth-order valence-corrected chi connectivity index (χ4v) is 3.73. The topological polar surface area (TPSA) is 124 Å². The molecule has 0 aromatic rings. The highest BCUT2D eigenvalue weighted by molar-refractivity contribution is 5.87. The smallest absolute Gasteiger partial charge is 0.459 e. The van der Waals surface area contributed by atoms with E-state index in [0.29, 0.717) is 0 Å². The molecule has 0 heterocycles. The number of hydrogen-bond acceptors (Lipinski definition) is 10. The van der Waals surface area contributed by atoms with Gasteiger partial charge in [0.15, 0.2) is 0 Å². The highest BCUT2D eigenvalue weighted by Crippen LogP contribution is 2.57. The van der Waals surface area contributed by atoms with Crippen molar-refractivity contribution in [2.75, 3.05) is 26.4 Å². The van der Waals surface area contributed by atoms with Gasteiger partial charge in [0.25, 0.3) is 0 Å². The van der Waals surface area contributed by atoms with E-state index in [0.717, 1.165) is 0 Å². The molecule has 1 saturated carbocycles. The number of carbonyl (C=O) groups excluding carboxylic acids is 4. The molecule has 0 spiro atoms. The molecule has 0 radical (unpaired) electrons. The van der Waals surface area contributed by atoms with Gasteiger partial charge in [0.1, 0.15) is 38.6 Å². The summed E-state index contributed by atoms with van der Waals surface area (Å²) in [7, 11) is 0. The van der Waals surface area contributed by atoms with Crippen molar-refractivity contribution in [2.45, 2.75) is 53.8 Å². The Morgan fingerprint density at radius 2 is 0.906 bits per heavy atom. The van der Waals surface area contributed by atoms with Crippen molar-refractivity contribution in [1.82, 2.24) is 0 Å². The zero-order chi connectivity index (χ0) is 24.7. The number of hydrogen-bond donors (Lipinski definition) is 0. The Kier molecular flexibility index (Phi) is 9.29. The summed E-state index contributed by atoms with van der Waals surface area (Å²) in [5.41, 5.74) is -0.966. The average Bonchev–Trinajstić information content (AvgIpc) is 2.69. The fraction of sp³-hybridized carbons (Fsp3) is 0.636. The third-order valence-corrected chi connectivity index (χ3v) is 4.90. The predicted molar refractivity (Wildman–Crippen MR) is 112 cm³/mol. The minimum Gasteiger partial charge on any atom is -0.459 e. The molecule has 10 nitrogen and oxygen atoms in total. The number of ether oxygens (including phenoxy) is 6. The molecule has 0 atom stereocenters. The normalized spacial score (nSPS) is 20.1. The molecule has 1 aliphatic rings. The van der Waals surface area contributed by atoms with Crippen LogP contribution < -0.4 is 0 Å². The zero-order valence-electron chi connectivity index (χ0n) is 19.5. The first-order chi connectivity index (χ1) is 14.7.